The molecule has 1 aliphatic carbocycles. The van der Waals surface area contributed by atoms with Crippen molar-refractivity contribution in [2.75, 3.05) is 13.6 Å². The summed E-state index contributed by atoms with van der Waals surface area (Å²) in [5.41, 5.74) is 2.35. The van der Waals surface area contributed by atoms with E-state index in [1.807, 2.05) is 24.3 Å². The second-order valence-electron chi connectivity index (χ2n) is 8.18. The highest BCUT2D eigenvalue weighted by molar-refractivity contribution is 5.82. The number of hydrogen-bond acceptors (Lipinski definition) is 3. The lowest BCUT2D eigenvalue weighted by Gasteiger charge is -2.47. The van der Waals surface area contributed by atoms with E-state index in [9.17, 15) is 4.79 Å². The molecule has 1 aliphatic rings. The van der Waals surface area contributed by atoms with Crippen molar-refractivity contribution < 1.29 is 9.53 Å². The maximum absolute atomic E-state index is 12.2. The van der Waals surface area contributed by atoms with E-state index < -0.39 is 0 Å². The summed E-state index contributed by atoms with van der Waals surface area (Å²) in [5, 5.41) is 0. The van der Waals surface area contributed by atoms with Gasteiger partial charge in [0.1, 0.15) is 18.1 Å². The van der Waals surface area contributed by atoms with Crippen LogP contribution in [0.15, 0.2) is 54.6 Å². The molecule has 0 amide bonds. The Labute approximate surface area is 169 Å². The molecule has 2 atom stereocenters. The number of Topliss-reactive ketones (excluding diaryl/α,β-unsaturated/α-hetero) is 1. The number of unbranched alkanes of at least 4 members (excludes halogenated alkanes) is 1. The van der Waals surface area contributed by atoms with E-state index in [4.69, 9.17) is 4.74 Å². The van der Waals surface area contributed by atoms with Crippen molar-refractivity contribution >= 4 is 5.78 Å². The van der Waals surface area contributed by atoms with Crippen molar-refractivity contribution in [1.82, 2.24) is 4.90 Å². The number of rotatable bonds is 8. The molecule has 0 heterocycles. The minimum atomic E-state index is -0.0887. The summed E-state index contributed by atoms with van der Waals surface area (Å²) in [6, 6.07) is 18.8. The Bertz CT molecular complexity index is 773. The average molecular weight is 380 g/mol. The summed E-state index contributed by atoms with van der Waals surface area (Å²) in [5.74, 6) is 1.40. The molecule has 3 heteroatoms. The maximum Gasteiger partial charge on any atom is 0.135 e. The number of carbonyl (C=O) groups is 1. The van der Waals surface area contributed by atoms with E-state index in [2.05, 4.69) is 56.1 Å². The third-order valence-corrected chi connectivity index (χ3v) is 6.18. The first-order valence-corrected chi connectivity index (χ1v) is 10.6. The Morgan fingerprint density at radius 3 is 2.64 bits per heavy atom. The van der Waals surface area contributed by atoms with Crippen LogP contribution in [-0.2, 0) is 16.9 Å². The van der Waals surface area contributed by atoms with Gasteiger partial charge in [0.2, 0.25) is 0 Å². The third kappa shape index (κ3) is 4.64. The molecular weight excluding hydrogens is 346 g/mol. The molecule has 2 aromatic rings. The standard InChI is InChI=1S/C25H33NO2/c1-4-5-16-26(3)25(15-14-24(27)20(2)18-25)22-12-9-13-23(17-22)28-19-21-10-7-6-8-11-21/h6-13,17,20H,4-5,14-16,18-19H2,1-3H3. The highest BCUT2D eigenvalue weighted by atomic mass is 16.5. The first-order valence-electron chi connectivity index (χ1n) is 10.6. The van der Waals surface area contributed by atoms with Gasteiger partial charge in [-0.1, -0.05) is 62.7 Å². The minimum absolute atomic E-state index is 0.0887. The molecule has 0 radical (unpaired) electrons. The van der Waals surface area contributed by atoms with Crippen LogP contribution in [-0.4, -0.2) is 24.3 Å². The first kappa shape index (κ1) is 20.6. The first-order chi connectivity index (χ1) is 13.5. The lowest BCUT2D eigenvalue weighted by Crippen LogP contribution is -2.49. The van der Waals surface area contributed by atoms with Gasteiger partial charge in [-0.3, -0.25) is 9.69 Å². The Balaban J connectivity index is 1.84. The van der Waals surface area contributed by atoms with Crippen molar-refractivity contribution in [3.63, 3.8) is 0 Å². The lowest BCUT2D eigenvalue weighted by atomic mass is 9.71. The summed E-state index contributed by atoms with van der Waals surface area (Å²) < 4.78 is 6.09. The highest BCUT2D eigenvalue weighted by Crippen LogP contribution is 2.43. The largest absolute Gasteiger partial charge is 0.489 e. The lowest BCUT2D eigenvalue weighted by molar-refractivity contribution is -0.127. The molecule has 1 fully saturated rings. The summed E-state index contributed by atoms with van der Waals surface area (Å²) in [7, 11) is 2.22. The average Bonchev–Trinajstić information content (AvgIpc) is 2.73. The van der Waals surface area contributed by atoms with Crippen LogP contribution < -0.4 is 4.74 Å². The van der Waals surface area contributed by atoms with Crippen LogP contribution in [0.25, 0.3) is 0 Å². The smallest absolute Gasteiger partial charge is 0.135 e. The Morgan fingerprint density at radius 2 is 1.93 bits per heavy atom. The van der Waals surface area contributed by atoms with E-state index in [1.165, 1.54) is 24.0 Å². The van der Waals surface area contributed by atoms with Gasteiger partial charge in [-0.15, -0.1) is 0 Å². The van der Waals surface area contributed by atoms with E-state index >= 15 is 0 Å². The van der Waals surface area contributed by atoms with Crippen LogP contribution >= 0.6 is 0 Å². The van der Waals surface area contributed by atoms with Crippen molar-refractivity contribution in [1.29, 1.82) is 0 Å². The zero-order valence-corrected chi connectivity index (χ0v) is 17.5. The molecule has 0 aromatic heterocycles. The van der Waals surface area contributed by atoms with E-state index in [0.29, 0.717) is 18.8 Å². The molecule has 0 spiro atoms. The van der Waals surface area contributed by atoms with Crippen LogP contribution in [0.1, 0.15) is 57.1 Å². The van der Waals surface area contributed by atoms with Gasteiger partial charge in [-0.25, -0.2) is 0 Å². The number of benzene rings is 2. The van der Waals surface area contributed by atoms with Crippen LogP contribution in [0.4, 0.5) is 0 Å². The fraction of sp³-hybridized carbons (Fsp3) is 0.480. The van der Waals surface area contributed by atoms with Crippen molar-refractivity contribution in [2.24, 2.45) is 5.92 Å². The predicted molar refractivity (Wildman–Crippen MR) is 114 cm³/mol. The van der Waals surface area contributed by atoms with Crippen LogP contribution in [0, 0.1) is 5.92 Å². The SMILES string of the molecule is CCCCN(C)C1(c2cccc(OCc3ccccc3)c2)CCC(=O)C(C)C1. The second kappa shape index (κ2) is 9.38. The van der Waals surface area contributed by atoms with Crippen LogP contribution in [0.3, 0.4) is 0 Å². The van der Waals surface area contributed by atoms with Gasteiger partial charge in [-0.05, 0) is 56.1 Å². The Morgan fingerprint density at radius 1 is 1.14 bits per heavy atom. The molecule has 2 unspecified atom stereocenters. The van der Waals surface area contributed by atoms with Gasteiger partial charge in [0.15, 0.2) is 0 Å². The van der Waals surface area contributed by atoms with Gasteiger partial charge in [0.25, 0.3) is 0 Å². The molecule has 0 bridgehead atoms. The molecule has 0 saturated heterocycles. The normalized spacial score (nSPS) is 22.4. The fourth-order valence-corrected chi connectivity index (χ4v) is 4.35. The molecule has 1 saturated carbocycles. The highest BCUT2D eigenvalue weighted by Gasteiger charge is 2.42. The summed E-state index contributed by atoms with van der Waals surface area (Å²) in [6.07, 6.45) is 4.78. The van der Waals surface area contributed by atoms with E-state index in [1.54, 1.807) is 0 Å². The maximum atomic E-state index is 12.2. The van der Waals surface area contributed by atoms with Crippen LogP contribution in [0.2, 0.25) is 0 Å². The zero-order valence-electron chi connectivity index (χ0n) is 17.5. The summed E-state index contributed by atoms with van der Waals surface area (Å²) in [4.78, 5) is 14.7. The molecule has 150 valence electrons. The summed E-state index contributed by atoms with van der Waals surface area (Å²) >= 11 is 0. The molecule has 3 rings (SSSR count). The molecule has 3 nitrogen and oxygen atoms in total. The number of carbonyl (C=O) groups excluding carboxylic acids is 1. The molecule has 0 N–H and O–H groups in total. The van der Waals surface area contributed by atoms with Gasteiger partial charge in [0, 0.05) is 17.9 Å². The predicted octanol–water partition coefficient (Wildman–Crippen LogP) is 5.58. The second-order valence-corrected chi connectivity index (χ2v) is 8.18. The molecule has 2 aromatic carbocycles. The monoisotopic (exact) mass is 379 g/mol. The number of hydrogen-bond donors (Lipinski definition) is 0. The Kier molecular flexibility index (Phi) is 6.90. The van der Waals surface area contributed by atoms with Gasteiger partial charge in [0.05, 0.1) is 0 Å². The molecule has 28 heavy (non-hydrogen) atoms. The Hall–Kier alpha value is -2.13. The molecular formula is C25H33NO2. The quantitative estimate of drug-likeness (QED) is 0.599. The van der Waals surface area contributed by atoms with E-state index in [-0.39, 0.29) is 11.5 Å². The van der Waals surface area contributed by atoms with Crippen molar-refractivity contribution in [3.8, 4) is 5.75 Å². The summed E-state index contributed by atoms with van der Waals surface area (Å²) in [6.45, 7) is 5.93. The fourth-order valence-electron chi connectivity index (χ4n) is 4.35. The zero-order chi connectivity index (χ0) is 20.0. The topological polar surface area (TPSA) is 29.5 Å². The number of nitrogens with zero attached hydrogens (tertiary/aromatic N) is 1. The van der Waals surface area contributed by atoms with Crippen molar-refractivity contribution in [2.45, 2.75) is 58.1 Å². The van der Waals surface area contributed by atoms with Crippen molar-refractivity contribution in [3.05, 3.63) is 65.7 Å². The van der Waals surface area contributed by atoms with Crippen LogP contribution in [0.5, 0.6) is 5.75 Å². The van der Waals surface area contributed by atoms with Gasteiger partial charge in [-0.2, -0.15) is 0 Å². The number of ether oxygens (including phenoxy) is 1. The van der Waals surface area contributed by atoms with Gasteiger partial charge < -0.3 is 4.74 Å². The molecule has 0 aliphatic heterocycles. The van der Waals surface area contributed by atoms with E-state index in [0.717, 1.165) is 25.1 Å². The third-order valence-electron chi connectivity index (χ3n) is 6.18. The minimum Gasteiger partial charge on any atom is -0.489 e. The van der Waals surface area contributed by atoms with Gasteiger partial charge >= 0.3 is 0 Å². The number of ketones is 1.